The lowest BCUT2D eigenvalue weighted by Crippen LogP contribution is -2.39. The Kier molecular flexibility index (Phi) is 3.84. The van der Waals surface area contributed by atoms with Gasteiger partial charge in [0.15, 0.2) is 5.69 Å². The number of hydrogen-bond acceptors (Lipinski definition) is 3. The van der Waals surface area contributed by atoms with Gasteiger partial charge in [0.25, 0.3) is 11.8 Å². The Hall–Kier alpha value is -2.67. The number of carbonyl (C=O) groups excluding carboxylic acids is 2. The summed E-state index contributed by atoms with van der Waals surface area (Å²) in [5.41, 5.74) is 5.62. The molecule has 0 bridgehead atoms. The number of halogens is 1. The molecule has 0 radical (unpaired) electrons. The summed E-state index contributed by atoms with van der Waals surface area (Å²) in [6, 6.07) is 9.55. The monoisotopic (exact) mass is 438 g/mol. The molecule has 5 rings (SSSR count). The number of hydrogen-bond donors (Lipinski definition) is 0. The number of benzene rings is 1. The summed E-state index contributed by atoms with van der Waals surface area (Å²) in [6.07, 6.45) is 2.60. The van der Waals surface area contributed by atoms with E-state index in [2.05, 4.69) is 28.0 Å². The van der Waals surface area contributed by atoms with Crippen LogP contribution >= 0.6 is 15.9 Å². The minimum atomic E-state index is -0.0633. The maximum absolute atomic E-state index is 13.2. The molecule has 0 spiro atoms. The molecule has 2 aromatic heterocycles. The molecule has 6 nitrogen and oxygen atoms in total. The fraction of sp³-hybridized carbons (Fsp3) is 0.286. The van der Waals surface area contributed by atoms with Gasteiger partial charge in [0.2, 0.25) is 0 Å². The van der Waals surface area contributed by atoms with E-state index in [1.807, 2.05) is 48.5 Å². The van der Waals surface area contributed by atoms with Gasteiger partial charge in [-0.05, 0) is 70.2 Å². The van der Waals surface area contributed by atoms with Crippen molar-refractivity contribution in [3.63, 3.8) is 0 Å². The molecule has 2 amide bonds. The average molecular weight is 439 g/mol. The molecule has 142 valence electrons. The number of pyridine rings is 1. The predicted molar refractivity (Wildman–Crippen MR) is 108 cm³/mol. The highest BCUT2D eigenvalue weighted by atomic mass is 79.9. The summed E-state index contributed by atoms with van der Waals surface area (Å²) < 4.78 is 2.63. The van der Waals surface area contributed by atoms with E-state index in [0.29, 0.717) is 18.8 Å². The van der Waals surface area contributed by atoms with Crippen molar-refractivity contribution in [2.45, 2.75) is 25.9 Å². The van der Waals surface area contributed by atoms with Crippen LogP contribution < -0.4 is 0 Å². The summed E-state index contributed by atoms with van der Waals surface area (Å²) in [5.74, 6) is 0.0199. The molecule has 7 heteroatoms. The molecular weight excluding hydrogens is 420 g/mol. The minimum absolute atomic E-state index is 0.0564. The summed E-state index contributed by atoms with van der Waals surface area (Å²) >= 11 is 3.43. The van der Waals surface area contributed by atoms with Crippen molar-refractivity contribution in [1.29, 1.82) is 0 Å². The summed E-state index contributed by atoms with van der Waals surface area (Å²) in [7, 11) is 1.83. The zero-order chi connectivity index (χ0) is 19.6. The number of nitrogens with zero attached hydrogens (tertiary/aromatic N) is 4. The van der Waals surface area contributed by atoms with E-state index in [0.717, 1.165) is 33.1 Å². The van der Waals surface area contributed by atoms with Gasteiger partial charge in [0.1, 0.15) is 0 Å². The molecule has 1 aromatic carbocycles. The third kappa shape index (κ3) is 2.49. The third-order valence-electron chi connectivity index (χ3n) is 5.86. The van der Waals surface area contributed by atoms with Crippen molar-refractivity contribution in [3.8, 4) is 0 Å². The molecule has 1 atom stereocenters. The van der Waals surface area contributed by atoms with Gasteiger partial charge in [0, 0.05) is 36.4 Å². The normalized spacial score (nSPS) is 18.5. The molecular formula is C21H19BrN4O2. The first-order valence-electron chi connectivity index (χ1n) is 9.30. The Morgan fingerprint density at radius 1 is 1.21 bits per heavy atom. The fourth-order valence-corrected chi connectivity index (χ4v) is 4.70. The van der Waals surface area contributed by atoms with Crippen molar-refractivity contribution >= 4 is 33.3 Å². The molecule has 0 saturated carbocycles. The van der Waals surface area contributed by atoms with E-state index in [4.69, 9.17) is 0 Å². The average Bonchev–Trinajstić information content (AvgIpc) is 3.22. The molecule has 0 N–H and O–H groups in total. The molecule has 2 aliphatic rings. The molecule has 4 heterocycles. The molecule has 0 aliphatic carbocycles. The second-order valence-corrected chi connectivity index (χ2v) is 8.41. The van der Waals surface area contributed by atoms with Crippen LogP contribution in [0.3, 0.4) is 0 Å². The molecule has 0 fully saturated rings. The van der Waals surface area contributed by atoms with Crippen LogP contribution in [0, 0.1) is 0 Å². The van der Waals surface area contributed by atoms with Crippen LogP contribution in [0.25, 0.3) is 5.52 Å². The van der Waals surface area contributed by atoms with E-state index in [1.165, 1.54) is 5.56 Å². The van der Waals surface area contributed by atoms with Crippen LogP contribution in [-0.4, -0.2) is 44.8 Å². The lowest BCUT2D eigenvalue weighted by atomic mass is 9.88. The van der Waals surface area contributed by atoms with Gasteiger partial charge in [-0.15, -0.1) is 0 Å². The van der Waals surface area contributed by atoms with E-state index in [-0.39, 0.29) is 17.9 Å². The van der Waals surface area contributed by atoms with Gasteiger partial charge in [-0.3, -0.25) is 9.59 Å². The van der Waals surface area contributed by atoms with Crippen molar-refractivity contribution in [3.05, 3.63) is 68.9 Å². The van der Waals surface area contributed by atoms with Crippen LogP contribution in [0.15, 0.2) is 41.0 Å². The number of amides is 2. The van der Waals surface area contributed by atoms with E-state index in [1.54, 1.807) is 9.42 Å². The van der Waals surface area contributed by atoms with Crippen LogP contribution in [0.4, 0.5) is 0 Å². The quantitative estimate of drug-likeness (QED) is 0.584. The maximum Gasteiger partial charge on any atom is 0.274 e. The van der Waals surface area contributed by atoms with Crippen LogP contribution in [0.2, 0.25) is 0 Å². The summed E-state index contributed by atoms with van der Waals surface area (Å²) in [5, 5.41) is 4.46. The molecule has 1 unspecified atom stereocenters. The van der Waals surface area contributed by atoms with Crippen molar-refractivity contribution in [1.82, 2.24) is 19.4 Å². The van der Waals surface area contributed by atoms with Gasteiger partial charge in [-0.25, -0.2) is 4.52 Å². The van der Waals surface area contributed by atoms with E-state index >= 15 is 0 Å². The minimum Gasteiger partial charge on any atom is -0.337 e. The van der Waals surface area contributed by atoms with E-state index < -0.39 is 0 Å². The number of aromatic nitrogens is 2. The Bertz CT molecular complexity index is 1150. The van der Waals surface area contributed by atoms with E-state index in [9.17, 15) is 9.59 Å². The molecule has 2 aliphatic heterocycles. The smallest absolute Gasteiger partial charge is 0.274 e. The van der Waals surface area contributed by atoms with Gasteiger partial charge in [-0.2, -0.15) is 5.10 Å². The zero-order valence-electron chi connectivity index (χ0n) is 15.6. The molecule has 28 heavy (non-hydrogen) atoms. The lowest BCUT2D eigenvalue weighted by molar-refractivity contribution is 0.0670. The summed E-state index contributed by atoms with van der Waals surface area (Å²) in [4.78, 5) is 29.1. The van der Waals surface area contributed by atoms with Gasteiger partial charge >= 0.3 is 0 Å². The third-order valence-corrected chi connectivity index (χ3v) is 6.33. The fourth-order valence-electron chi connectivity index (χ4n) is 4.38. The Balaban J connectivity index is 1.49. The zero-order valence-corrected chi connectivity index (χ0v) is 17.2. The standard InChI is InChI=1S/C21H19BrN4O2/c1-12-15-5-6-17-18(11-24(2)20(17)27)16(15)7-8-25(12)21(28)19-9-14-4-3-13(22)10-26(14)23-19/h3-6,9-10,12H,7-8,11H2,1-2H3. The Morgan fingerprint density at radius 3 is 2.86 bits per heavy atom. The largest absolute Gasteiger partial charge is 0.337 e. The van der Waals surface area contributed by atoms with Crippen LogP contribution in [0.1, 0.15) is 50.5 Å². The topological polar surface area (TPSA) is 57.9 Å². The number of carbonyl (C=O) groups is 2. The van der Waals surface area contributed by atoms with Gasteiger partial charge in [0.05, 0.1) is 11.6 Å². The Morgan fingerprint density at radius 2 is 2.04 bits per heavy atom. The molecule has 0 saturated heterocycles. The van der Waals surface area contributed by atoms with Crippen LogP contribution in [-0.2, 0) is 13.0 Å². The first-order valence-corrected chi connectivity index (χ1v) is 10.1. The van der Waals surface area contributed by atoms with Crippen molar-refractivity contribution < 1.29 is 9.59 Å². The van der Waals surface area contributed by atoms with Crippen LogP contribution in [0.5, 0.6) is 0 Å². The molecule has 3 aromatic rings. The van der Waals surface area contributed by atoms with Crippen molar-refractivity contribution in [2.75, 3.05) is 13.6 Å². The predicted octanol–water partition coefficient (Wildman–Crippen LogP) is 3.44. The number of fused-ring (bicyclic) bond motifs is 4. The number of rotatable bonds is 1. The second-order valence-electron chi connectivity index (χ2n) is 7.49. The van der Waals surface area contributed by atoms with Gasteiger partial charge < -0.3 is 9.80 Å². The maximum atomic E-state index is 13.2. The highest BCUT2D eigenvalue weighted by Crippen LogP contribution is 2.36. The lowest BCUT2D eigenvalue weighted by Gasteiger charge is -2.35. The first-order chi connectivity index (χ1) is 13.4. The highest BCUT2D eigenvalue weighted by Gasteiger charge is 2.34. The first kappa shape index (κ1) is 17.4. The Labute approximate surface area is 170 Å². The highest BCUT2D eigenvalue weighted by molar-refractivity contribution is 9.10. The van der Waals surface area contributed by atoms with Gasteiger partial charge in [-0.1, -0.05) is 6.07 Å². The second kappa shape index (κ2) is 6.17. The SMILES string of the molecule is CC1c2ccc3c(c2CCN1C(=O)c1cc2ccc(Br)cn2n1)CN(C)C3=O. The summed E-state index contributed by atoms with van der Waals surface area (Å²) in [6.45, 7) is 3.33. The van der Waals surface area contributed by atoms with Crippen molar-refractivity contribution in [2.24, 2.45) is 0 Å².